The van der Waals surface area contributed by atoms with E-state index < -0.39 is 16.0 Å². The first-order valence-corrected chi connectivity index (χ1v) is 6.90. The summed E-state index contributed by atoms with van der Waals surface area (Å²) < 4.78 is 38.3. The molecular weight excluding hydrogens is 257 g/mol. The van der Waals surface area contributed by atoms with Gasteiger partial charge in [0.1, 0.15) is 5.69 Å². The SMILES string of the molecule is CS(=O)(=O)Nc1ccccc1-c1nccnc1F. The van der Waals surface area contributed by atoms with Gasteiger partial charge in [0.15, 0.2) is 0 Å². The molecule has 1 heterocycles. The molecule has 0 aliphatic carbocycles. The summed E-state index contributed by atoms with van der Waals surface area (Å²) >= 11 is 0. The minimum Gasteiger partial charge on any atom is -0.283 e. The molecule has 0 amide bonds. The summed E-state index contributed by atoms with van der Waals surface area (Å²) in [7, 11) is -3.44. The summed E-state index contributed by atoms with van der Waals surface area (Å²) in [5.74, 6) is -0.750. The fourth-order valence-electron chi connectivity index (χ4n) is 1.48. The quantitative estimate of drug-likeness (QED) is 0.917. The molecule has 0 saturated heterocycles. The first kappa shape index (κ1) is 12.4. The molecule has 7 heteroatoms. The first-order chi connectivity index (χ1) is 8.47. The van der Waals surface area contributed by atoms with E-state index in [4.69, 9.17) is 0 Å². The minimum atomic E-state index is -3.44. The number of para-hydroxylation sites is 1. The molecule has 0 bridgehead atoms. The third-order valence-corrected chi connectivity index (χ3v) is 2.72. The van der Waals surface area contributed by atoms with Crippen molar-refractivity contribution in [3.8, 4) is 11.3 Å². The smallest absolute Gasteiger partial charge is 0.239 e. The lowest BCUT2D eigenvalue weighted by atomic mass is 10.1. The molecule has 5 nitrogen and oxygen atoms in total. The van der Waals surface area contributed by atoms with E-state index in [-0.39, 0.29) is 11.4 Å². The summed E-state index contributed by atoms with van der Waals surface area (Å²) in [6.07, 6.45) is 3.60. The number of hydrogen-bond acceptors (Lipinski definition) is 4. The van der Waals surface area contributed by atoms with Crippen LogP contribution in [0.3, 0.4) is 0 Å². The number of aromatic nitrogens is 2. The molecular formula is C11H10FN3O2S. The van der Waals surface area contributed by atoms with Crippen molar-refractivity contribution in [3.05, 3.63) is 42.6 Å². The van der Waals surface area contributed by atoms with E-state index in [0.717, 1.165) is 6.26 Å². The van der Waals surface area contributed by atoms with Crippen LogP contribution in [-0.2, 0) is 10.0 Å². The van der Waals surface area contributed by atoms with Crippen LogP contribution in [0, 0.1) is 5.95 Å². The molecule has 0 fully saturated rings. The van der Waals surface area contributed by atoms with E-state index in [1.807, 2.05) is 0 Å². The van der Waals surface area contributed by atoms with Crippen LogP contribution < -0.4 is 4.72 Å². The number of benzene rings is 1. The second-order valence-corrected chi connectivity index (χ2v) is 5.36. The standard InChI is InChI=1S/C11H10FN3O2S/c1-18(16,17)15-9-5-3-2-4-8(9)10-11(12)14-7-6-13-10/h2-7,15H,1H3. The van der Waals surface area contributed by atoms with E-state index in [1.54, 1.807) is 18.2 Å². The average molecular weight is 267 g/mol. The Morgan fingerprint density at radius 1 is 1.17 bits per heavy atom. The number of nitrogens with one attached hydrogen (secondary N) is 1. The van der Waals surface area contributed by atoms with E-state index in [0.29, 0.717) is 5.56 Å². The number of rotatable bonds is 3. The van der Waals surface area contributed by atoms with Gasteiger partial charge < -0.3 is 0 Å². The summed E-state index contributed by atoms with van der Waals surface area (Å²) in [4.78, 5) is 7.35. The Morgan fingerprint density at radius 2 is 1.83 bits per heavy atom. The van der Waals surface area contributed by atoms with Crippen LogP contribution in [0.1, 0.15) is 0 Å². The van der Waals surface area contributed by atoms with E-state index >= 15 is 0 Å². The Kier molecular flexibility index (Phi) is 3.24. The second kappa shape index (κ2) is 4.69. The highest BCUT2D eigenvalue weighted by molar-refractivity contribution is 7.92. The molecule has 2 rings (SSSR count). The van der Waals surface area contributed by atoms with Crippen molar-refractivity contribution in [2.24, 2.45) is 0 Å². The van der Waals surface area contributed by atoms with Crippen LogP contribution in [0.25, 0.3) is 11.3 Å². The Labute approximate surface area is 104 Å². The van der Waals surface area contributed by atoms with Crippen LogP contribution in [-0.4, -0.2) is 24.6 Å². The van der Waals surface area contributed by atoms with Crippen LogP contribution in [0.15, 0.2) is 36.7 Å². The summed E-state index contributed by atoms with van der Waals surface area (Å²) in [6.45, 7) is 0. The van der Waals surface area contributed by atoms with Crippen molar-refractivity contribution in [1.82, 2.24) is 9.97 Å². The lowest BCUT2D eigenvalue weighted by Gasteiger charge is -2.09. The van der Waals surface area contributed by atoms with Gasteiger partial charge in [-0.2, -0.15) is 4.39 Å². The van der Waals surface area contributed by atoms with E-state index in [2.05, 4.69) is 14.7 Å². The topological polar surface area (TPSA) is 72.0 Å². The van der Waals surface area contributed by atoms with Gasteiger partial charge in [0, 0.05) is 18.0 Å². The van der Waals surface area contributed by atoms with E-state index in [1.165, 1.54) is 18.5 Å². The molecule has 0 radical (unpaired) electrons. The Hall–Kier alpha value is -2.02. The maximum absolute atomic E-state index is 13.5. The average Bonchev–Trinajstić information content (AvgIpc) is 2.29. The number of sulfonamides is 1. The monoisotopic (exact) mass is 267 g/mol. The summed E-state index contributed by atoms with van der Waals surface area (Å²) in [5, 5.41) is 0. The van der Waals surface area contributed by atoms with Crippen molar-refractivity contribution in [3.63, 3.8) is 0 Å². The predicted molar refractivity (Wildman–Crippen MR) is 65.9 cm³/mol. The van der Waals surface area contributed by atoms with Crippen LogP contribution in [0.2, 0.25) is 0 Å². The highest BCUT2D eigenvalue weighted by Crippen LogP contribution is 2.27. The Bertz CT molecular complexity index is 673. The van der Waals surface area contributed by atoms with E-state index in [9.17, 15) is 12.8 Å². The predicted octanol–water partition coefficient (Wildman–Crippen LogP) is 1.65. The number of nitrogens with zero attached hydrogens (tertiary/aromatic N) is 2. The second-order valence-electron chi connectivity index (χ2n) is 3.62. The molecule has 2 aromatic rings. The third-order valence-electron chi connectivity index (χ3n) is 2.13. The molecule has 18 heavy (non-hydrogen) atoms. The van der Waals surface area contributed by atoms with Gasteiger partial charge >= 0.3 is 0 Å². The number of halogens is 1. The highest BCUT2D eigenvalue weighted by Gasteiger charge is 2.13. The van der Waals surface area contributed by atoms with Crippen LogP contribution >= 0.6 is 0 Å². The van der Waals surface area contributed by atoms with Crippen molar-refractivity contribution in [1.29, 1.82) is 0 Å². The lowest BCUT2D eigenvalue weighted by Crippen LogP contribution is -2.10. The number of anilines is 1. The maximum Gasteiger partial charge on any atom is 0.239 e. The van der Waals surface area contributed by atoms with Gasteiger partial charge in [-0.15, -0.1) is 0 Å². The lowest BCUT2D eigenvalue weighted by molar-refractivity contribution is 0.581. The Morgan fingerprint density at radius 3 is 2.50 bits per heavy atom. The largest absolute Gasteiger partial charge is 0.283 e. The van der Waals surface area contributed by atoms with Gasteiger partial charge in [0.2, 0.25) is 16.0 Å². The zero-order chi connectivity index (χ0) is 13.2. The molecule has 0 aliphatic rings. The minimum absolute atomic E-state index is 0.00394. The fourth-order valence-corrected chi connectivity index (χ4v) is 2.06. The molecule has 0 saturated carbocycles. The molecule has 0 aliphatic heterocycles. The molecule has 0 spiro atoms. The van der Waals surface area contributed by atoms with Crippen molar-refractivity contribution in [2.45, 2.75) is 0 Å². The number of hydrogen-bond donors (Lipinski definition) is 1. The van der Waals surface area contributed by atoms with Crippen LogP contribution in [0.5, 0.6) is 0 Å². The normalized spacial score (nSPS) is 11.2. The molecule has 1 aromatic heterocycles. The first-order valence-electron chi connectivity index (χ1n) is 5.01. The van der Waals surface area contributed by atoms with Crippen molar-refractivity contribution in [2.75, 3.05) is 11.0 Å². The summed E-state index contributed by atoms with van der Waals surface area (Å²) in [5.41, 5.74) is 0.608. The van der Waals surface area contributed by atoms with Gasteiger partial charge in [-0.1, -0.05) is 18.2 Å². The van der Waals surface area contributed by atoms with Crippen molar-refractivity contribution < 1.29 is 12.8 Å². The fraction of sp³-hybridized carbons (Fsp3) is 0.0909. The van der Waals surface area contributed by atoms with Crippen molar-refractivity contribution >= 4 is 15.7 Å². The Balaban J connectivity index is 2.56. The molecule has 0 unspecified atom stereocenters. The van der Waals surface area contributed by atoms with Gasteiger partial charge in [0.25, 0.3) is 0 Å². The summed E-state index contributed by atoms with van der Waals surface area (Å²) in [6, 6.07) is 6.41. The zero-order valence-corrected chi connectivity index (χ0v) is 10.3. The maximum atomic E-state index is 13.5. The van der Waals surface area contributed by atoms with Gasteiger partial charge in [0.05, 0.1) is 11.9 Å². The van der Waals surface area contributed by atoms with Crippen LogP contribution in [0.4, 0.5) is 10.1 Å². The highest BCUT2D eigenvalue weighted by atomic mass is 32.2. The molecule has 0 atom stereocenters. The van der Waals surface area contributed by atoms with Gasteiger partial charge in [-0.25, -0.2) is 18.4 Å². The molecule has 94 valence electrons. The molecule has 1 N–H and O–H groups in total. The zero-order valence-electron chi connectivity index (χ0n) is 9.46. The third kappa shape index (κ3) is 2.80. The molecule has 1 aromatic carbocycles. The van der Waals surface area contributed by atoms with Gasteiger partial charge in [-0.3, -0.25) is 4.72 Å². The van der Waals surface area contributed by atoms with Gasteiger partial charge in [-0.05, 0) is 6.07 Å².